The maximum atomic E-state index is 12.8. The van der Waals surface area contributed by atoms with Crippen molar-refractivity contribution in [3.8, 4) is 11.5 Å². The largest absolute Gasteiger partial charge is 0.441 e. The predicted molar refractivity (Wildman–Crippen MR) is 126 cm³/mol. The molecule has 1 heterocycles. The number of nitrogens with one attached hydrogen (secondary N) is 1. The highest BCUT2D eigenvalue weighted by Crippen LogP contribution is 2.25. The molecule has 0 atom stereocenters. The molecule has 168 valence electrons. The fourth-order valence-electron chi connectivity index (χ4n) is 3.40. The molecule has 0 unspecified atom stereocenters. The molecule has 0 spiro atoms. The van der Waals surface area contributed by atoms with Gasteiger partial charge in [0, 0.05) is 17.7 Å². The molecule has 6 nitrogen and oxygen atoms in total. The Hall–Kier alpha value is -3.71. The Labute approximate surface area is 193 Å². The van der Waals surface area contributed by atoms with Crippen molar-refractivity contribution in [3.05, 3.63) is 107 Å². The molecule has 1 aromatic heterocycles. The van der Waals surface area contributed by atoms with E-state index in [0.29, 0.717) is 35.0 Å². The molecular formula is C26H24N2O4S. The maximum absolute atomic E-state index is 12.8. The number of carbonyl (C=O) groups excluding carboxylic acids is 1. The van der Waals surface area contributed by atoms with Gasteiger partial charge in [0.25, 0.3) is 5.91 Å². The van der Waals surface area contributed by atoms with Crippen LogP contribution in [-0.2, 0) is 22.1 Å². The molecule has 0 radical (unpaired) electrons. The number of hydrogen-bond donors (Lipinski definition) is 1. The molecule has 33 heavy (non-hydrogen) atoms. The number of carbonyl (C=O) groups is 1. The van der Waals surface area contributed by atoms with Crippen LogP contribution in [0.5, 0.6) is 0 Å². The van der Waals surface area contributed by atoms with Gasteiger partial charge in [-0.25, -0.2) is 13.4 Å². The molecule has 0 saturated carbocycles. The first-order valence-electron chi connectivity index (χ1n) is 10.5. The summed E-state index contributed by atoms with van der Waals surface area (Å²) in [6.07, 6.45) is 0. The summed E-state index contributed by atoms with van der Waals surface area (Å²) in [6.45, 7) is 3.99. The van der Waals surface area contributed by atoms with E-state index in [1.807, 2.05) is 43.3 Å². The van der Waals surface area contributed by atoms with E-state index in [1.54, 1.807) is 49.4 Å². The summed E-state index contributed by atoms with van der Waals surface area (Å²) in [5.41, 5.74) is 3.45. The van der Waals surface area contributed by atoms with Gasteiger partial charge in [0.15, 0.2) is 9.84 Å². The molecule has 0 aliphatic rings. The zero-order valence-electron chi connectivity index (χ0n) is 18.4. The van der Waals surface area contributed by atoms with Crippen molar-refractivity contribution in [3.63, 3.8) is 0 Å². The molecule has 0 aliphatic carbocycles. The third kappa shape index (κ3) is 5.38. The summed E-state index contributed by atoms with van der Waals surface area (Å²) in [5, 5.41) is 2.89. The molecule has 0 saturated heterocycles. The molecule has 3 aromatic carbocycles. The molecule has 4 aromatic rings. The second-order valence-electron chi connectivity index (χ2n) is 7.84. The predicted octanol–water partition coefficient (Wildman–Crippen LogP) is 4.86. The molecule has 1 N–H and O–H groups in total. The van der Waals surface area contributed by atoms with Gasteiger partial charge in [0.2, 0.25) is 5.89 Å². The average molecular weight is 461 g/mol. The molecule has 0 bridgehead atoms. The summed E-state index contributed by atoms with van der Waals surface area (Å²) >= 11 is 0. The second kappa shape index (κ2) is 9.42. The summed E-state index contributed by atoms with van der Waals surface area (Å²) in [4.78, 5) is 17.1. The van der Waals surface area contributed by atoms with Crippen molar-refractivity contribution >= 4 is 15.7 Å². The fourth-order valence-corrected chi connectivity index (χ4v) is 4.85. The van der Waals surface area contributed by atoms with Crippen molar-refractivity contribution in [2.45, 2.75) is 31.0 Å². The van der Waals surface area contributed by atoms with Crippen molar-refractivity contribution < 1.29 is 17.6 Å². The highest BCUT2D eigenvalue weighted by atomic mass is 32.2. The molecule has 1 amide bonds. The lowest BCUT2D eigenvalue weighted by Crippen LogP contribution is -2.22. The molecule has 7 heteroatoms. The van der Waals surface area contributed by atoms with Crippen LogP contribution in [0.3, 0.4) is 0 Å². The van der Waals surface area contributed by atoms with Crippen molar-refractivity contribution in [1.29, 1.82) is 0 Å². The van der Waals surface area contributed by atoms with Gasteiger partial charge in [-0.15, -0.1) is 0 Å². The topological polar surface area (TPSA) is 89.3 Å². The number of hydrogen-bond acceptors (Lipinski definition) is 5. The van der Waals surface area contributed by atoms with E-state index in [2.05, 4.69) is 10.3 Å². The lowest BCUT2D eigenvalue weighted by atomic mass is 10.1. The number of benzene rings is 3. The SMILES string of the molecule is Cc1cccc(S(=O)(=O)Cc2nc(-c3ccc(C(=O)NCc4ccccc4)cc3)oc2C)c1. The van der Waals surface area contributed by atoms with Gasteiger partial charge >= 0.3 is 0 Å². The Morgan fingerprint density at radius 1 is 0.939 bits per heavy atom. The van der Waals surface area contributed by atoms with E-state index in [1.165, 1.54) is 0 Å². The summed E-state index contributed by atoms with van der Waals surface area (Å²) < 4.78 is 31.4. The van der Waals surface area contributed by atoms with Crippen LogP contribution in [0.15, 0.2) is 88.2 Å². The minimum Gasteiger partial charge on any atom is -0.441 e. The summed E-state index contributed by atoms with van der Waals surface area (Å²) in [5.74, 6) is 0.342. The molecular weight excluding hydrogens is 436 g/mol. The zero-order chi connectivity index (χ0) is 23.4. The highest BCUT2D eigenvalue weighted by molar-refractivity contribution is 7.90. The van der Waals surface area contributed by atoms with Gasteiger partial charge in [0.05, 0.1) is 10.6 Å². The molecule has 0 aliphatic heterocycles. The monoisotopic (exact) mass is 460 g/mol. The van der Waals surface area contributed by atoms with Crippen molar-refractivity contribution in [1.82, 2.24) is 10.3 Å². The first-order valence-corrected chi connectivity index (χ1v) is 12.2. The van der Waals surface area contributed by atoms with Crippen LogP contribution in [0.4, 0.5) is 0 Å². The third-order valence-corrected chi connectivity index (χ3v) is 6.88. The minimum absolute atomic E-state index is 0.182. The Balaban J connectivity index is 1.47. The number of amides is 1. The summed E-state index contributed by atoms with van der Waals surface area (Å²) in [7, 11) is -3.55. The van der Waals surface area contributed by atoms with Crippen LogP contribution in [0.25, 0.3) is 11.5 Å². The van der Waals surface area contributed by atoms with E-state index >= 15 is 0 Å². The number of sulfone groups is 1. The number of oxazole rings is 1. The smallest absolute Gasteiger partial charge is 0.251 e. The Bertz CT molecular complexity index is 1380. The normalized spacial score (nSPS) is 11.3. The number of aromatic nitrogens is 1. The minimum atomic E-state index is -3.55. The van der Waals surface area contributed by atoms with Crippen molar-refractivity contribution in [2.75, 3.05) is 0 Å². The lowest BCUT2D eigenvalue weighted by Gasteiger charge is -2.06. The van der Waals surface area contributed by atoms with Crippen LogP contribution < -0.4 is 5.32 Å². The molecule has 4 rings (SSSR count). The van der Waals surface area contributed by atoms with E-state index < -0.39 is 9.84 Å². The first kappa shape index (κ1) is 22.5. The van der Waals surface area contributed by atoms with Gasteiger partial charge in [-0.1, -0.05) is 42.5 Å². The van der Waals surface area contributed by atoms with Gasteiger partial charge < -0.3 is 9.73 Å². The average Bonchev–Trinajstić information content (AvgIpc) is 3.17. The quantitative estimate of drug-likeness (QED) is 0.425. The van der Waals surface area contributed by atoms with Crippen LogP contribution in [-0.4, -0.2) is 19.3 Å². The van der Waals surface area contributed by atoms with E-state index in [-0.39, 0.29) is 16.6 Å². The van der Waals surface area contributed by atoms with Gasteiger partial charge in [-0.2, -0.15) is 0 Å². The van der Waals surface area contributed by atoms with Crippen LogP contribution >= 0.6 is 0 Å². The number of nitrogens with zero attached hydrogens (tertiary/aromatic N) is 1. The van der Waals surface area contributed by atoms with E-state index in [0.717, 1.165) is 11.1 Å². The molecule has 0 fully saturated rings. The van der Waals surface area contributed by atoms with Crippen LogP contribution in [0, 0.1) is 13.8 Å². The van der Waals surface area contributed by atoms with E-state index in [9.17, 15) is 13.2 Å². The maximum Gasteiger partial charge on any atom is 0.251 e. The van der Waals surface area contributed by atoms with E-state index in [4.69, 9.17) is 4.42 Å². The summed E-state index contributed by atoms with van der Waals surface area (Å²) in [6, 6.07) is 23.3. The van der Waals surface area contributed by atoms with Gasteiger partial charge in [-0.05, 0) is 61.4 Å². The number of rotatable bonds is 7. The fraction of sp³-hybridized carbons (Fsp3) is 0.154. The first-order chi connectivity index (χ1) is 15.8. The number of aryl methyl sites for hydroxylation is 2. The third-order valence-electron chi connectivity index (χ3n) is 5.26. The second-order valence-corrected chi connectivity index (χ2v) is 9.83. The van der Waals surface area contributed by atoms with Gasteiger partial charge in [0.1, 0.15) is 11.5 Å². The van der Waals surface area contributed by atoms with Gasteiger partial charge in [-0.3, -0.25) is 4.79 Å². The van der Waals surface area contributed by atoms with Crippen LogP contribution in [0.2, 0.25) is 0 Å². The highest BCUT2D eigenvalue weighted by Gasteiger charge is 2.21. The Morgan fingerprint density at radius 3 is 2.36 bits per heavy atom. The van der Waals surface area contributed by atoms with Crippen LogP contribution in [0.1, 0.15) is 32.9 Å². The standard InChI is InChI=1S/C26H24N2O4S/c1-18-7-6-10-23(15-18)33(30,31)17-24-19(2)32-26(28-24)22-13-11-21(12-14-22)25(29)27-16-20-8-4-3-5-9-20/h3-15H,16-17H2,1-2H3,(H,27,29). The van der Waals surface area contributed by atoms with Crippen molar-refractivity contribution in [2.24, 2.45) is 0 Å². The lowest BCUT2D eigenvalue weighted by molar-refractivity contribution is 0.0951. The zero-order valence-corrected chi connectivity index (χ0v) is 19.2. The Morgan fingerprint density at radius 2 is 1.67 bits per heavy atom. The Kier molecular flexibility index (Phi) is 6.42.